The molecule has 4 aromatic heterocycles. The van der Waals surface area contributed by atoms with Gasteiger partial charge >= 0.3 is 0 Å². The Hall–Kier alpha value is -8.61. The van der Waals surface area contributed by atoms with Crippen molar-refractivity contribution >= 4 is 65.4 Å². The van der Waals surface area contributed by atoms with E-state index in [1.54, 1.807) is 0 Å². The molecule has 9 aromatic carbocycles. The molecule has 0 N–H and O–H groups in total. The minimum absolute atomic E-state index is 0.574. The molecule has 6 nitrogen and oxygen atoms in total. The van der Waals surface area contributed by atoms with Gasteiger partial charge in [0, 0.05) is 54.8 Å². The van der Waals surface area contributed by atoms with E-state index in [4.69, 9.17) is 15.0 Å². The Bertz CT molecular complexity index is 3830. The van der Waals surface area contributed by atoms with E-state index < -0.39 is 0 Å². The first kappa shape index (κ1) is 35.2. The van der Waals surface area contributed by atoms with Crippen molar-refractivity contribution in [3.63, 3.8) is 0 Å². The average molecular weight is 805 g/mol. The smallest absolute Gasteiger partial charge is 0.238 e. The van der Waals surface area contributed by atoms with Gasteiger partial charge in [0.25, 0.3) is 0 Å². The van der Waals surface area contributed by atoms with Crippen LogP contribution in [0, 0.1) is 0 Å². The number of rotatable bonds is 6. The van der Waals surface area contributed by atoms with E-state index in [9.17, 15) is 0 Å². The number of hydrogen-bond acceptors (Lipinski definition) is 3. The van der Waals surface area contributed by atoms with Crippen LogP contribution in [-0.2, 0) is 0 Å². The zero-order valence-corrected chi connectivity index (χ0v) is 34.0. The molecule has 6 heteroatoms. The second-order valence-electron chi connectivity index (χ2n) is 16.0. The molecule has 0 bridgehead atoms. The SMILES string of the molecule is c1ccc(-c2ccc(-c3nc(-c4ccc(-n5c6ccccc6c6c7c8ccccc8n(-c8ccccc8)c7ccc65)cc4)nc(-n4c5ccccc5c5ccccc54)n3)cc2)cc1. The van der Waals surface area contributed by atoms with Crippen molar-refractivity contribution in [1.29, 1.82) is 0 Å². The van der Waals surface area contributed by atoms with Gasteiger partial charge in [0.2, 0.25) is 5.95 Å². The van der Waals surface area contributed by atoms with E-state index in [1.807, 2.05) is 6.07 Å². The molecule has 0 saturated carbocycles. The summed E-state index contributed by atoms with van der Waals surface area (Å²) in [6, 6.07) is 77.3. The second kappa shape index (κ2) is 14.0. The van der Waals surface area contributed by atoms with Crippen molar-refractivity contribution in [1.82, 2.24) is 28.7 Å². The molecule has 294 valence electrons. The Labute approximate surface area is 362 Å². The topological polar surface area (TPSA) is 53.5 Å². The first-order chi connectivity index (χ1) is 31.3. The Morgan fingerprint density at radius 3 is 1.11 bits per heavy atom. The van der Waals surface area contributed by atoms with Crippen molar-refractivity contribution in [2.24, 2.45) is 0 Å². The lowest BCUT2D eigenvalue weighted by Gasteiger charge is -2.12. The molecule has 0 radical (unpaired) electrons. The summed E-state index contributed by atoms with van der Waals surface area (Å²) in [5.74, 6) is 1.79. The van der Waals surface area contributed by atoms with Gasteiger partial charge in [-0.1, -0.05) is 146 Å². The third kappa shape index (κ3) is 5.48. The second-order valence-corrected chi connectivity index (χ2v) is 16.0. The van der Waals surface area contributed by atoms with Crippen molar-refractivity contribution < 1.29 is 0 Å². The van der Waals surface area contributed by atoms with Crippen LogP contribution in [0.1, 0.15) is 0 Å². The monoisotopic (exact) mass is 804 g/mol. The Morgan fingerprint density at radius 2 is 0.603 bits per heavy atom. The normalized spacial score (nSPS) is 11.8. The highest BCUT2D eigenvalue weighted by Crippen LogP contribution is 2.42. The van der Waals surface area contributed by atoms with Crippen molar-refractivity contribution in [3.05, 3.63) is 218 Å². The lowest BCUT2D eigenvalue weighted by Crippen LogP contribution is -2.06. The molecule has 63 heavy (non-hydrogen) atoms. The predicted molar refractivity (Wildman–Crippen MR) is 259 cm³/mol. The molecule has 0 aliphatic carbocycles. The quantitative estimate of drug-likeness (QED) is 0.168. The minimum atomic E-state index is 0.574. The number of hydrogen-bond donors (Lipinski definition) is 0. The minimum Gasteiger partial charge on any atom is -0.309 e. The molecule has 0 aliphatic rings. The van der Waals surface area contributed by atoms with Gasteiger partial charge in [-0.2, -0.15) is 9.97 Å². The van der Waals surface area contributed by atoms with Gasteiger partial charge in [0.15, 0.2) is 11.6 Å². The summed E-state index contributed by atoms with van der Waals surface area (Å²) in [6.45, 7) is 0. The van der Waals surface area contributed by atoms with Crippen molar-refractivity contribution in [2.45, 2.75) is 0 Å². The molecular weight excluding hydrogens is 769 g/mol. The summed E-state index contributed by atoms with van der Waals surface area (Å²) in [7, 11) is 0. The van der Waals surface area contributed by atoms with Crippen molar-refractivity contribution in [3.8, 4) is 51.2 Å². The lowest BCUT2D eigenvalue weighted by atomic mass is 10.0. The maximum Gasteiger partial charge on any atom is 0.238 e. The third-order valence-corrected chi connectivity index (χ3v) is 12.5. The van der Waals surface area contributed by atoms with Gasteiger partial charge in [0.1, 0.15) is 0 Å². The number of nitrogens with zero attached hydrogens (tertiary/aromatic N) is 6. The van der Waals surface area contributed by atoms with Gasteiger partial charge in [-0.3, -0.25) is 4.57 Å². The summed E-state index contributed by atoms with van der Waals surface area (Å²) in [5, 5.41) is 7.26. The summed E-state index contributed by atoms with van der Waals surface area (Å²) in [6.07, 6.45) is 0. The molecule has 4 heterocycles. The Morgan fingerprint density at radius 1 is 0.238 bits per heavy atom. The van der Waals surface area contributed by atoms with E-state index in [0.29, 0.717) is 17.6 Å². The van der Waals surface area contributed by atoms with Crippen LogP contribution in [0.5, 0.6) is 0 Å². The zero-order chi connectivity index (χ0) is 41.4. The van der Waals surface area contributed by atoms with Gasteiger partial charge in [-0.25, -0.2) is 4.98 Å². The van der Waals surface area contributed by atoms with Crippen LogP contribution in [0.15, 0.2) is 218 Å². The highest BCUT2D eigenvalue weighted by atomic mass is 15.2. The molecule has 0 saturated heterocycles. The molecule has 13 rings (SSSR count). The molecule has 13 aromatic rings. The van der Waals surface area contributed by atoms with Gasteiger partial charge < -0.3 is 9.13 Å². The van der Waals surface area contributed by atoms with Crippen LogP contribution >= 0.6 is 0 Å². The molecule has 0 atom stereocenters. The fourth-order valence-electron chi connectivity index (χ4n) is 9.71. The standard InChI is InChI=1S/C57H36N6/c1-3-15-37(16-4-1)38-27-29-39(30-28-38)55-58-56(60-57(59-55)63-47-23-11-7-19-43(47)44-20-8-12-24-48(44)63)40-31-33-42(34-32-40)62-50-26-14-10-22-46(50)54-52(62)36-35-51-53(54)45-21-9-13-25-49(45)61(51)41-17-5-2-6-18-41/h1-36H. The van der Waals surface area contributed by atoms with E-state index in [1.165, 1.54) is 32.6 Å². The van der Waals surface area contributed by atoms with Crippen LogP contribution in [0.25, 0.3) is 117 Å². The summed E-state index contributed by atoms with van der Waals surface area (Å²) < 4.78 is 6.94. The molecular formula is C57H36N6. The molecule has 0 unspecified atom stereocenters. The first-order valence-electron chi connectivity index (χ1n) is 21.3. The number of benzene rings is 9. The number of para-hydroxylation sites is 5. The summed E-state index contributed by atoms with van der Waals surface area (Å²) >= 11 is 0. The predicted octanol–water partition coefficient (Wildman–Crippen LogP) is 14.2. The maximum absolute atomic E-state index is 5.25. The lowest BCUT2D eigenvalue weighted by molar-refractivity contribution is 0.953. The van der Waals surface area contributed by atoms with Crippen LogP contribution in [0.2, 0.25) is 0 Å². The van der Waals surface area contributed by atoms with E-state index in [-0.39, 0.29) is 0 Å². The van der Waals surface area contributed by atoms with E-state index >= 15 is 0 Å². The molecule has 0 spiro atoms. The number of aromatic nitrogens is 6. The molecule has 0 amide bonds. The fraction of sp³-hybridized carbons (Fsp3) is 0. The van der Waals surface area contributed by atoms with Crippen LogP contribution in [0.4, 0.5) is 0 Å². The zero-order valence-electron chi connectivity index (χ0n) is 34.0. The van der Waals surface area contributed by atoms with Gasteiger partial charge in [0.05, 0.1) is 33.1 Å². The van der Waals surface area contributed by atoms with Gasteiger partial charge in [-0.15, -0.1) is 0 Å². The number of fused-ring (bicyclic) bond motifs is 10. The Balaban J connectivity index is 0.987. The summed E-state index contributed by atoms with van der Waals surface area (Å²) in [4.78, 5) is 15.6. The summed E-state index contributed by atoms with van der Waals surface area (Å²) in [5.41, 5.74) is 13.1. The van der Waals surface area contributed by atoms with Crippen LogP contribution < -0.4 is 0 Å². The largest absolute Gasteiger partial charge is 0.309 e. The fourth-order valence-corrected chi connectivity index (χ4v) is 9.71. The van der Waals surface area contributed by atoms with Crippen LogP contribution in [0.3, 0.4) is 0 Å². The highest BCUT2D eigenvalue weighted by Gasteiger charge is 2.22. The molecule has 0 fully saturated rings. The van der Waals surface area contributed by atoms with E-state index in [0.717, 1.165) is 66.5 Å². The maximum atomic E-state index is 5.25. The molecule has 0 aliphatic heterocycles. The van der Waals surface area contributed by atoms with E-state index in [2.05, 4.69) is 226 Å². The highest BCUT2D eigenvalue weighted by molar-refractivity contribution is 6.29. The average Bonchev–Trinajstić information content (AvgIpc) is 4.00. The van der Waals surface area contributed by atoms with Gasteiger partial charge in [-0.05, 0) is 83.9 Å². The first-order valence-corrected chi connectivity index (χ1v) is 21.3. The third-order valence-electron chi connectivity index (χ3n) is 12.5. The Kier molecular flexibility index (Phi) is 7.80. The van der Waals surface area contributed by atoms with Crippen LogP contribution in [-0.4, -0.2) is 28.7 Å². The van der Waals surface area contributed by atoms with Crippen molar-refractivity contribution in [2.75, 3.05) is 0 Å².